The molecule has 4 heterocycles. The molecule has 0 unspecified atom stereocenters. The third kappa shape index (κ3) is 9.33. The van der Waals surface area contributed by atoms with Crippen LogP contribution in [-0.4, -0.2) is 26.2 Å². The highest BCUT2D eigenvalue weighted by Gasteiger charge is 2.45. The minimum Gasteiger partial charge on any atom is -0.311 e. The third-order valence-corrected chi connectivity index (χ3v) is 17.5. The quantitative estimate of drug-likeness (QED) is 0.142. The average Bonchev–Trinajstić information content (AvgIpc) is 0.744. The van der Waals surface area contributed by atoms with Crippen molar-refractivity contribution in [3.05, 3.63) is 271 Å². The molecular formula is C78H60BF3N6. The van der Waals surface area contributed by atoms with E-state index in [4.69, 9.17) is 15.0 Å². The smallest absolute Gasteiger partial charge is 0.311 e. The Morgan fingerprint density at radius 3 is 1.27 bits per heavy atom. The molecule has 6 nitrogen and oxygen atoms in total. The first-order chi connectivity index (χ1) is 42.5. The number of hydrogen-bond acceptors (Lipinski definition) is 5. The maximum atomic E-state index is 15.2. The average molecular weight is 1150 g/mol. The van der Waals surface area contributed by atoms with Crippen LogP contribution in [0.5, 0.6) is 0 Å². The Morgan fingerprint density at radius 1 is 0.330 bits per heavy atom. The number of hydrogen-bond donors (Lipinski definition) is 0. The highest BCUT2D eigenvalue weighted by molar-refractivity contribution is 7.00. The molecule has 0 saturated carbocycles. The number of anilines is 6. The molecule has 0 spiro atoms. The van der Waals surface area contributed by atoms with Crippen molar-refractivity contribution in [1.29, 1.82) is 0 Å². The van der Waals surface area contributed by atoms with Gasteiger partial charge in [0.05, 0.1) is 22.3 Å². The summed E-state index contributed by atoms with van der Waals surface area (Å²) in [7, 11) is 0. The Hall–Kier alpha value is -10.3. The molecule has 0 fully saturated rings. The predicted molar refractivity (Wildman–Crippen MR) is 358 cm³/mol. The zero-order chi connectivity index (χ0) is 60.2. The van der Waals surface area contributed by atoms with Crippen molar-refractivity contribution in [2.45, 2.75) is 58.5 Å². The second-order valence-electron chi connectivity index (χ2n) is 25.2. The number of rotatable bonds is 8. The lowest BCUT2D eigenvalue weighted by Crippen LogP contribution is -2.61. The fourth-order valence-corrected chi connectivity index (χ4v) is 13.1. The van der Waals surface area contributed by atoms with Crippen LogP contribution in [0.2, 0.25) is 0 Å². The molecule has 88 heavy (non-hydrogen) atoms. The lowest BCUT2D eigenvalue weighted by atomic mass is 9.33. The Kier molecular flexibility index (Phi) is 12.8. The van der Waals surface area contributed by atoms with Gasteiger partial charge in [0.15, 0.2) is 17.5 Å². The number of alkyl halides is 3. The van der Waals surface area contributed by atoms with Crippen molar-refractivity contribution in [3.63, 3.8) is 0 Å². The van der Waals surface area contributed by atoms with Gasteiger partial charge in [0.1, 0.15) is 0 Å². The van der Waals surface area contributed by atoms with Crippen LogP contribution < -0.4 is 26.2 Å². The zero-order valence-corrected chi connectivity index (χ0v) is 49.6. The van der Waals surface area contributed by atoms with Crippen molar-refractivity contribution in [2.24, 2.45) is 0 Å². The molecule has 0 N–H and O–H groups in total. The van der Waals surface area contributed by atoms with Crippen LogP contribution in [0, 0.1) is 0 Å². The van der Waals surface area contributed by atoms with Gasteiger partial charge in [-0.15, -0.1) is 0 Å². The summed E-state index contributed by atoms with van der Waals surface area (Å²) in [5.74, 6) is 0.795. The maximum absolute atomic E-state index is 15.2. The SMILES string of the molecule is CC(C)(C)c1ccc2c(c1)B1c3cc(C(C)(C)C)ccc3N(c3ccccc3)c3cc(-c4ccc5c(c4)c4ccc(-c6ccccc6)cc4n5-c4ccc(C(F)(F)F)cc4-c4nc(-c5ccccc5)nc(-c5ccccc5)n4)cc(c31)N2c1ccccc1. The van der Waals surface area contributed by atoms with Crippen LogP contribution in [0.15, 0.2) is 255 Å². The molecule has 0 radical (unpaired) electrons. The summed E-state index contributed by atoms with van der Waals surface area (Å²) in [5, 5.41) is 1.85. The van der Waals surface area contributed by atoms with Gasteiger partial charge in [-0.25, -0.2) is 15.0 Å². The molecule has 0 atom stereocenters. The summed E-state index contributed by atoms with van der Waals surface area (Å²) in [4.78, 5) is 19.9. The van der Waals surface area contributed by atoms with Gasteiger partial charge in [0, 0.05) is 61.6 Å². The van der Waals surface area contributed by atoms with Gasteiger partial charge in [-0.3, -0.25) is 0 Å². The molecule has 2 aliphatic heterocycles. The molecule has 426 valence electrons. The molecule has 13 aromatic rings. The molecule has 11 aromatic carbocycles. The monoisotopic (exact) mass is 1150 g/mol. The van der Waals surface area contributed by atoms with E-state index in [1.807, 2.05) is 78.9 Å². The summed E-state index contributed by atoms with van der Waals surface area (Å²) in [6.07, 6.45) is -4.67. The number of aromatic nitrogens is 4. The van der Waals surface area contributed by atoms with Gasteiger partial charge in [0.2, 0.25) is 0 Å². The van der Waals surface area contributed by atoms with E-state index in [0.717, 1.165) is 84.3 Å². The zero-order valence-electron chi connectivity index (χ0n) is 49.6. The van der Waals surface area contributed by atoms with Crippen molar-refractivity contribution < 1.29 is 13.2 Å². The largest absolute Gasteiger partial charge is 0.416 e. The summed E-state index contributed by atoms with van der Waals surface area (Å²) >= 11 is 0. The van der Waals surface area contributed by atoms with Crippen molar-refractivity contribution in [1.82, 2.24) is 19.5 Å². The van der Waals surface area contributed by atoms with Gasteiger partial charge in [-0.1, -0.05) is 211 Å². The second kappa shape index (κ2) is 20.7. The summed E-state index contributed by atoms with van der Waals surface area (Å²) in [6.45, 7) is 13.6. The minimum atomic E-state index is -4.67. The first kappa shape index (κ1) is 54.3. The van der Waals surface area contributed by atoms with E-state index < -0.39 is 11.7 Å². The van der Waals surface area contributed by atoms with Gasteiger partial charge < -0.3 is 14.4 Å². The fourth-order valence-electron chi connectivity index (χ4n) is 13.1. The van der Waals surface area contributed by atoms with Crippen LogP contribution in [0.1, 0.15) is 58.2 Å². The number of nitrogens with zero attached hydrogens (tertiary/aromatic N) is 6. The van der Waals surface area contributed by atoms with Crippen LogP contribution in [0.25, 0.3) is 83.9 Å². The first-order valence-electron chi connectivity index (χ1n) is 29.9. The lowest BCUT2D eigenvalue weighted by Gasteiger charge is -2.45. The van der Waals surface area contributed by atoms with E-state index in [1.165, 1.54) is 33.6 Å². The maximum Gasteiger partial charge on any atom is 0.416 e. The van der Waals surface area contributed by atoms with Crippen molar-refractivity contribution in [2.75, 3.05) is 9.80 Å². The molecule has 10 heteroatoms. The standard InChI is InChI=1S/C78H60BF3N6/c1-76(2,3)55-34-40-67-63(47-55)79-64-48-56(77(4,5)6)35-41-68(64)87(59-30-20-11-21-31-59)71-45-54(44-70(72(71)79)86(67)58-28-18-10-19-29-58)52-33-38-65-61(42-52)60-37-32-53(49-22-12-7-13-23-49)43-69(60)88(65)66-39-36-57(78(80,81)82)46-62(66)75-84-73(50-24-14-8-15-25-50)83-74(85-75)51-26-16-9-17-27-51/h7-48H,1-6H3. The van der Waals surface area contributed by atoms with Crippen LogP contribution in [0.4, 0.5) is 47.3 Å². The van der Waals surface area contributed by atoms with E-state index in [1.54, 1.807) is 6.07 Å². The van der Waals surface area contributed by atoms with Gasteiger partial charge >= 0.3 is 6.18 Å². The molecule has 15 rings (SSSR count). The fraction of sp³-hybridized carbons (Fsp3) is 0.115. The van der Waals surface area contributed by atoms with Crippen molar-refractivity contribution >= 4 is 79.0 Å². The van der Waals surface area contributed by atoms with E-state index in [-0.39, 0.29) is 28.9 Å². The Morgan fingerprint density at radius 2 is 0.773 bits per heavy atom. The van der Waals surface area contributed by atoms with E-state index in [2.05, 4.69) is 214 Å². The normalized spacial score (nSPS) is 13.0. The third-order valence-electron chi connectivity index (χ3n) is 17.5. The molecule has 2 aromatic heterocycles. The highest BCUT2D eigenvalue weighted by Crippen LogP contribution is 2.49. The first-order valence-corrected chi connectivity index (χ1v) is 29.9. The number of fused-ring (bicyclic) bond motifs is 7. The molecule has 2 aliphatic rings. The van der Waals surface area contributed by atoms with E-state index in [0.29, 0.717) is 28.5 Å². The Balaban J connectivity index is 1.01. The van der Waals surface area contributed by atoms with Crippen LogP contribution in [0.3, 0.4) is 0 Å². The summed E-state index contributed by atoms with van der Waals surface area (Å²) < 4.78 is 47.8. The number of para-hydroxylation sites is 2. The molecule has 0 bridgehead atoms. The molecule has 0 saturated heterocycles. The Bertz CT molecular complexity index is 4670. The van der Waals surface area contributed by atoms with Gasteiger partial charge in [-0.05, 0) is 146 Å². The predicted octanol–water partition coefficient (Wildman–Crippen LogP) is 19.0. The highest BCUT2D eigenvalue weighted by atomic mass is 19.4. The summed E-state index contributed by atoms with van der Waals surface area (Å²) in [6, 6.07) is 86.4. The van der Waals surface area contributed by atoms with E-state index >= 15 is 13.2 Å². The summed E-state index contributed by atoms with van der Waals surface area (Å²) in [5.41, 5.74) is 19.4. The molecular weight excluding hydrogens is 1090 g/mol. The topological polar surface area (TPSA) is 50.1 Å². The lowest BCUT2D eigenvalue weighted by molar-refractivity contribution is -0.137. The second-order valence-corrected chi connectivity index (χ2v) is 25.2. The van der Waals surface area contributed by atoms with Gasteiger partial charge in [-0.2, -0.15) is 13.2 Å². The van der Waals surface area contributed by atoms with Crippen LogP contribution in [-0.2, 0) is 17.0 Å². The number of benzene rings is 11. The number of halogens is 3. The molecule has 0 amide bonds. The van der Waals surface area contributed by atoms with E-state index in [9.17, 15) is 0 Å². The Labute approximate surface area is 511 Å². The van der Waals surface area contributed by atoms with Crippen LogP contribution >= 0.6 is 0 Å². The van der Waals surface area contributed by atoms with Crippen molar-refractivity contribution in [3.8, 4) is 62.1 Å². The minimum absolute atomic E-state index is 0.107. The van der Waals surface area contributed by atoms with Gasteiger partial charge in [0.25, 0.3) is 6.71 Å². The molecule has 0 aliphatic carbocycles.